The number of ether oxygens (including phenoxy) is 1. The number of morpholine rings is 1. The molecule has 206 valence electrons. The van der Waals surface area contributed by atoms with Gasteiger partial charge in [-0.1, -0.05) is 47.5 Å². The lowest BCUT2D eigenvalue weighted by atomic mass is 10.0. The first-order valence-electron chi connectivity index (χ1n) is 13.1. The van der Waals surface area contributed by atoms with E-state index >= 15 is 0 Å². The fourth-order valence-corrected chi connectivity index (χ4v) is 7.30. The maximum Gasteiger partial charge on any atom is 0.258 e. The van der Waals surface area contributed by atoms with E-state index in [0.29, 0.717) is 66.3 Å². The number of carbonyl (C=O) groups excluding carboxylic acids is 1. The lowest BCUT2D eigenvalue weighted by Crippen LogP contribution is -2.40. The van der Waals surface area contributed by atoms with Crippen molar-refractivity contribution in [1.82, 2.24) is 8.87 Å². The van der Waals surface area contributed by atoms with Gasteiger partial charge in [0.1, 0.15) is 0 Å². The van der Waals surface area contributed by atoms with Crippen LogP contribution < -0.4 is 4.90 Å². The number of aromatic nitrogens is 1. The van der Waals surface area contributed by atoms with Gasteiger partial charge < -0.3 is 14.2 Å². The largest absolute Gasteiger partial charge is 0.379 e. The Morgan fingerprint density at radius 1 is 1.00 bits per heavy atom. The van der Waals surface area contributed by atoms with E-state index < -0.39 is 10.0 Å². The van der Waals surface area contributed by atoms with Crippen LogP contribution in [0.25, 0.3) is 22.6 Å². The van der Waals surface area contributed by atoms with Gasteiger partial charge in [0.15, 0.2) is 0 Å². The van der Waals surface area contributed by atoms with Crippen molar-refractivity contribution in [2.45, 2.75) is 18.4 Å². The minimum absolute atomic E-state index is 0.156. The van der Waals surface area contributed by atoms with Gasteiger partial charge in [0.2, 0.25) is 10.0 Å². The van der Waals surface area contributed by atoms with E-state index in [9.17, 15) is 13.2 Å². The van der Waals surface area contributed by atoms with Crippen molar-refractivity contribution >= 4 is 67.4 Å². The van der Waals surface area contributed by atoms with Gasteiger partial charge in [-0.05, 0) is 55.0 Å². The van der Waals surface area contributed by atoms with Crippen LogP contribution in [0.4, 0.5) is 5.69 Å². The molecule has 0 atom stereocenters. The number of nitrogens with zero attached hydrogens (tertiary/aromatic N) is 3. The number of hydrogen-bond acceptors (Lipinski definition) is 4. The Morgan fingerprint density at radius 2 is 1.77 bits per heavy atom. The topological polar surface area (TPSA) is 71.9 Å². The van der Waals surface area contributed by atoms with Crippen LogP contribution >= 0.6 is 23.2 Å². The van der Waals surface area contributed by atoms with Crippen LogP contribution in [-0.4, -0.2) is 56.0 Å². The summed E-state index contributed by atoms with van der Waals surface area (Å²) in [6, 6.07) is 18.4. The SMILES string of the molecule is CCN1C(=O)/C(=C\c2cn(Cc3ccc(Cl)cc3Cl)c3ccccc23)c2cc(S(=O)(=O)N3CCOCC3)ccc21. The number of para-hydroxylation sites is 1. The Labute approximate surface area is 243 Å². The number of sulfonamides is 1. The molecule has 1 amide bonds. The molecule has 40 heavy (non-hydrogen) atoms. The van der Waals surface area contributed by atoms with Gasteiger partial charge in [-0.3, -0.25) is 4.79 Å². The monoisotopic (exact) mass is 595 g/mol. The number of likely N-dealkylation sites (N-methyl/N-ethyl adjacent to an activating group) is 1. The highest BCUT2D eigenvalue weighted by Crippen LogP contribution is 2.40. The average molecular weight is 597 g/mol. The first-order valence-corrected chi connectivity index (χ1v) is 15.2. The number of halogens is 2. The Bertz CT molecular complexity index is 1780. The molecule has 2 aliphatic rings. The second-order valence-electron chi connectivity index (χ2n) is 9.77. The van der Waals surface area contributed by atoms with Crippen LogP contribution in [0.15, 0.2) is 71.8 Å². The highest BCUT2D eigenvalue weighted by molar-refractivity contribution is 7.89. The Hall–Kier alpha value is -3.14. The number of benzene rings is 3. The van der Waals surface area contributed by atoms with Crippen LogP contribution in [0.2, 0.25) is 10.0 Å². The van der Waals surface area contributed by atoms with E-state index in [2.05, 4.69) is 4.57 Å². The summed E-state index contributed by atoms with van der Waals surface area (Å²) in [5.74, 6) is -0.156. The molecule has 0 aliphatic carbocycles. The van der Waals surface area contributed by atoms with Gasteiger partial charge in [-0.2, -0.15) is 4.31 Å². The van der Waals surface area contributed by atoms with Crippen LogP contribution in [0.5, 0.6) is 0 Å². The van der Waals surface area contributed by atoms with Crippen LogP contribution in [-0.2, 0) is 26.1 Å². The first-order chi connectivity index (χ1) is 19.3. The van der Waals surface area contributed by atoms with Crippen molar-refractivity contribution in [3.8, 4) is 0 Å². The summed E-state index contributed by atoms with van der Waals surface area (Å²) in [6.07, 6.45) is 3.86. The van der Waals surface area contributed by atoms with Crippen molar-refractivity contribution < 1.29 is 17.9 Å². The minimum Gasteiger partial charge on any atom is -0.379 e. The summed E-state index contributed by atoms with van der Waals surface area (Å²) in [5, 5.41) is 2.13. The fourth-order valence-electron chi connectivity index (χ4n) is 5.40. The molecule has 0 unspecified atom stereocenters. The molecule has 7 nitrogen and oxygen atoms in total. The molecule has 1 aromatic heterocycles. The summed E-state index contributed by atoms with van der Waals surface area (Å²) < 4.78 is 35.7. The molecule has 0 saturated carbocycles. The lowest BCUT2D eigenvalue weighted by molar-refractivity contribution is -0.112. The Kier molecular flexibility index (Phi) is 7.23. The first kappa shape index (κ1) is 27.1. The van der Waals surface area contributed by atoms with Crippen molar-refractivity contribution in [2.24, 2.45) is 0 Å². The predicted molar refractivity (Wildman–Crippen MR) is 159 cm³/mol. The third-order valence-electron chi connectivity index (χ3n) is 7.42. The minimum atomic E-state index is -3.72. The molecular formula is C30H27Cl2N3O4S. The van der Waals surface area contributed by atoms with E-state index in [-0.39, 0.29) is 10.8 Å². The van der Waals surface area contributed by atoms with Crippen LogP contribution in [0.1, 0.15) is 23.6 Å². The molecular weight excluding hydrogens is 569 g/mol. The second kappa shape index (κ2) is 10.7. The van der Waals surface area contributed by atoms with Crippen molar-refractivity contribution in [3.63, 3.8) is 0 Å². The van der Waals surface area contributed by atoms with Gasteiger partial charge in [0.05, 0.1) is 23.8 Å². The molecule has 2 aliphatic heterocycles. The van der Waals surface area contributed by atoms with Crippen molar-refractivity contribution in [3.05, 3.63) is 93.6 Å². The highest BCUT2D eigenvalue weighted by atomic mass is 35.5. The molecule has 10 heteroatoms. The molecule has 6 rings (SSSR count). The number of anilines is 1. The zero-order valence-electron chi connectivity index (χ0n) is 21.8. The molecule has 0 spiro atoms. The standard InChI is InChI=1S/C30H27Cl2N3O4S/c1-2-35-29-10-9-23(40(37,38)34-11-13-39-14-12-34)17-25(29)26(30(35)36)15-21-19-33(28-6-4-3-5-24(21)28)18-20-7-8-22(31)16-27(20)32/h3-10,15-17,19H,2,11-14,18H2,1H3/b26-15-. The van der Waals surface area contributed by atoms with Gasteiger partial charge in [0, 0.05) is 70.0 Å². The van der Waals surface area contributed by atoms with Gasteiger partial charge in [0.25, 0.3) is 5.91 Å². The van der Waals surface area contributed by atoms with Crippen molar-refractivity contribution in [1.29, 1.82) is 0 Å². The molecule has 0 radical (unpaired) electrons. The molecule has 3 aromatic carbocycles. The summed E-state index contributed by atoms with van der Waals surface area (Å²) in [7, 11) is -3.72. The number of hydrogen-bond donors (Lipinski definition) is 0. The van der Waals surface area contributed by atoms with Gasteiger partial charge in [-0.25, -0.2) is 8.42 Å². The summed E-state index contributed by atoms with van der Waals surface area (Å²) in [4.78, 5) is 15.5. The summed E-state index contributed by atoms with van der Waals surface area (Å²) in [5.41, 5.74) is 4.54. The van der Waals surface area contributed by atoms with E-state index in [0.717, 1.165) is 22.0 Å². The zero-order chi connectivity index (χ0) is 28.0. The number of amides is 1. The van der Waals surface area contributed by atoms with Crippen molar-refractivity contribution in [2.75, 3.05) is 37.7 Å². The Balaban J connectivity index is 1.45. The quantitative estimate of drug-likeness (QED) is 0.259. The van der Waals surface area contributed by atoms with Crippen LogP contribution in [0.3, 0.4) is 0 Å². The van der Waals surface area contributed by atoms with E-state index in [1.54, 1.807) is 29.2 Å². The average Bonchev–Trinajstić information content (AvgIpc) is 3.44. The smallest absolute Gasteiger partial charge is 0.258 e. The van der Waals surface area contributed by atoms with E-state index in [4.69, 9.17) is 27.9 Å². The lowest BCUT2D eigenvalue weighted by Gasteiger charge is -2.26. The summed E-state index contributed by atoms with van der Waals surface area (Å²) in [6.45, 7) is 4.23. The second-order valence-corrected chi connectivity index (χ2v) is 12.5. The van der Waals surface area contributed by atoms with Crippen LogP contribution in [0, 0.1) is 0 Å². The molecule has 3 heterocycles. The molecule has 1 saturated heterocycles. The maximum absolute atomic E-state index is 13.6. The molecule has 4 aromatic rings. The summed E-state index contributed by atoms with van der Waals surface area (Å²) >= 11 is 12.6. The molecule has 0 bridgehead atoms. The van der Waals surface area contributed by atoms with Gasteiger partial charge >= 0.3 is 0 Å². The third-order valence-corrected chi connectivity index (χ3v) is 9.91. The Morgan fingerprint density at radius 3 is 2.52 bits per heavy atom. The third kappa shape index (κ3) is 4.74. The van der Waals surface area contributed by atoms with E-state index in [1.165, 1.54) is 4.31 Å². The highest BCUT2D eigenvalue weighted by Gasteiger charge is 2.34. The zero-order valence-corrected chi connectivity index (χ0v) is 24.1. The number of rotatable bonds is 6. The normalized spacial score (nSPS) is 17.2. The van der Waals surface area contributed by atoms with Gasteiger partial charge in [-0.15, -0.1) is 0 Å². The maximum atomic E-state index is 13.6. The predicted octanol–water partition coefficient (Wildman–Crippen LogP) is 5.92. The molecule has 0 N–H and O–H groups in total. The van der Waals surface area contributed by atoms with E-state index in [1.807, 2.05) is 55.6 Å². The molecule has 1 fully saturated rings. The number of fused-ring (bicyclic) bond motifs is 2. The fraction of sp³-hybridized carbons (Fsp3) is 0.233. The number of carbonyl (C=O) groups is 1.